The highest BCUT2D eigenvalue weighted by molar-refractivity contribution is 6.31. The summed E-state index contributed by atoms with van der Waals surface area (Å²) in [6.45, 7) is 1.48. The first kappa shape index (κ1) is 18.0. The maximum absolute atomic E-state index is 12.3. The van der Waals surface area contributed by atoms with Crippen molar-refractivity contribution in [3.8, 4) is 5.75 Å². The molecule has 1 heterocycles. The normalized spacial score (nSPS) is 25.5. The first-order valence-corrected chi connectivity index (χ1v) is 8.94. The quantitative estimate of drug-likeness (QED) is 0.800. The summed E-state index contributed by atoms with van der Waals surface area (Å²) in [7, 11) is 1.61. The second kappa shape index (κ2) is 7.62. The zero-order valence-electron chi connectivity index (χ0n) is 14.3. The predicted octanol–water partition coefficient (Wildman–Crippen LogP) is 2.15. The third kappa shape index (κ3) is 4.07. The van der Waals surface area contributed by atoms with Crippen LogP contribution in [-0.4, -0.2) is 44.2 Å². The highest BCUT2D eigenvalue weighted by atomic mass is 35.5. The maximum atomic E-state index is 12.3. The molecule has 2 N–H and O–H groups in total. The molecule has 25 heavy (non-hydrogen) atoms. The lowest BCUT2D eigenvalue weighted by atomic mass is 9.78. The van der Waals surface area contributed by atoms with Crippen molar-refractivity contribution in [1.82, 2.24) is 10.6 Å². The van der Waals surface area contributed by atoms with Crippen LogP contribution in [0.4, 0.5) is 0 Å². The number of benzene rings is 1. The van der Waals surface area contributed by atoms with E-state index < -0.39 is 5.60 Å². The molecule has 3 rings (SSSR count). The molecule has 1 aliphatic carbocycles. The summed E-state index contributed by atoms with van der Waals surface area (Å²) in [6.07, 6.45) is 2.91. The first-order valence-electron chi connectivity index (χ1n) is 8.56. The van der Waals surface area contributed by atoms with Crippen molar-refractivity contribution in [3.05, 3.63) is 28.8 Å². The lowest BCUT2D eigenvalue weighted by Crippen LogP contribution is -2.49. The van der Waals surface area contributed by atoms with Gasteiger partial charge < -0.3 is 20.1 Å². The van der Waals surface area contributed by atoms with Crippen LogP contribution >= 0.6 is 11.6 Å². The van der Waals surface area contributed by atoms with E-state index in [1.807, 2.05) is 0 Å². The highest BCUT2D eigenvalue weighted by Crippen LogP contribution is 2.38. The number of carbonyl (C=O) groups excluding carboxylic acids is 2. The van der Waals surface area contributed by atoms with E-state index in [2.05, 4.69) is 10.6 Å². The molecule has 7 heteroatoms. The molecule has 2 amide bonds. The molecule has 1 aliphatic heterocycles. The van der Waals surface area contributed by atoms with Gasteiger partial charge in [0.15, 0.2) is 0 Å². The Morgan fingerprint density at radius 3 is 2.92 bits per heavy atom. The fourth-order valence-corrected chi connectivity index (χ4v) is 3.65. The van der Waals surface area contributed by atoms with Crippen molar-refractivity contribution in [1.29, 1.82) is 0 Å². The second-order valence-corrected chi connectivity index (χ2v) is 7.10. The largest absolute Gasteiger partial charge is 0.485 e. The monoisotopic (exact) mass is 366 g/mol. The minimum atomic E-state index is -0.460. The molecule has 1 spiro atoms. The smallest absolute Gasteiger partial charge is 0.255 e. The molecule has 0 bridgehead atoms. The average molecular weight is 367 g/mol. The Bertz CT molecular complexity index is 656. The number of halogens is 1. The van der Waals surface area contributed by atoms with E-state index >= 15 is 0 Å². The van der Waals surface area contributed by atoms with Gasteiger partial charge in [-0.3, -0.25) is 9.59 Å². The van der Waals surface area contributed by atoms with Gasteiger partial charge in [-0.1, -0.05) is 11.6 Å². The summed E-state index contributed by atoms with van der Waals surface area (Å²) in [5.41, 5.74) is 0.00159. The molecular formula is C18H23ClN2O4. The number of ether oxygens (including phenoxy) is 2. The molecule has 0 aromatic heterocycles. The summed E-state index contributed by atoms with van der Waals surface area (Å²) in [5.74, 6) is 0.433. The topological polar surface area (TPSA) is 76.7 Å². The van der Waals surface area contributed by atoms with E-state index in [4.69, 9.17) is 21.1 Å². The number of hydrogen-bond donors (Lipinski definition) is 2. The van der Waals surface area contributed by atoms with Crippen LogP contribution in [0.1, 0.15) is 36.0 Å². The van der Waals surface area contributed by atoms with Crippen LogP contribution in [0.15, 0.2) is 18.2 Å². The van der Waals surface area contributed by atoms with Gasteiger partial charge in [0.25, 0.3) is 5.91 Å². The van der Waals surface area contributed by atoms with Gasteiger partial charge in [0.05, 0.1) is 18.7 Å². The Labute approximate surface area is 152 Å². The van der Waals surface area contributed by atoms with Crippen molar-refractivity contribution < 1.29 is 19.1 Å². The zero-order chi connectivity index (χ0) is 17.9. The number of hydrogen-bond acceptors (Lipinski definition) is 4. The van der Waals surface area contributed by atoms with Crippen molar-refractivity contribution in [2.45, 2.75) is 31.3 Å². The van der Waals surface area contributed by atoms with Gasteiger partial charge in [-0.25, -0.2) is 0 Å². The second-order valence-electron chi connectivity index (χ2n) is 6.67. The van der Waals surface area contributed by atoms with Crippen molar-refractivity contribution >= 4 is 23.4 Å². The van der Waals surface area contributed by atoms with E-state index in [0.29, 0.717) is 36.0 Å². The van der Waals surface area contributed by atoms with Gasteiger partial charge in [-0.15, -0.1) is 0 Å². The minimum Gasteiger partial charge on any atom is -0.485 e. The fraction of sp³-hybridized carbons (Fsp3) is 0.556. The van der Waals surface area contributed by atoms with Crippen LogP contribution in [0.5, 0.6) is 5.75 Å². The van der Waals surface area contributed by atoms with Gasteiger partial charge in [-0.2, -0.15) is 0 Å². The van der Waals surface area contributed by atoms with Crippen molar-refractivity contribution in [3.63, 3.8) is 0 Å². The molecule has 0 radical (unpaired) electrons. The number of nitrogens with one attached hydrogen (secondary N) is 2. The SMILES string of the molecule is COCCNC(=O)C1CCC2(CC1)CNC(=O)c1cc(Cl)ccc1O2. The van der Waals surface area contributed by atoms with Crippen LogP contribution in [0, 0.1) is 5.92 Å². The number of fused-ring (bicyclic) bond motifs is 1. The lowest BCUT2D eigenvalue weighted by Gasteiger charge is -2.39. The Balaban J connectivity index is 1.65. The molecule has 136 valence electrons. The van der Waals surface area contributed by atoms with Gasteiger partial charge in [0.1, 0.15) is 11.4 Å². The van der Waals surface area contributed by atoms with Crippen LogP contribution in [0.3, 0.4) is 0 Å². The molecule has 1 aromatic rings. The van der Waals surface area contributed by atoms with Crippen LogP contribution in [0.25, 0.3) is 0 Å². The van der Waals surface area contributed by atoms with Crippen molar-refractivity contribution in [2.75, 3.05) is 26.8 Å². The number of amides is 2. The Morgan fingerprint density at radius 2 is 2.20 bits per heavy atom. The third-order valence-electron chi connectivity index (χ3n) is 4.96. The first-order chi connectivity index (χ1) is 12.0. The molecule has 0 unspecified atom stereocenters. The molecular weight excluding hydrogens is 344 g/mol. The third-order valence-corrected chi connectivity index (χ3v) is 5.19. The predicted molar refractivity (Wildman–Crippen MR) is 94.0 cm³/mol. The summed E-state index contributed by atoms with van der Waals surface area (Å²) in [5, 5.41) is 6.34. The fourth-order valence-electron chi connectivity index (χ4n) is 3.48. The zero-order valence-corrected chi connectivity index (χ0v) is 15.0. The van der Waals surface area contributed by atoms with Crippen LogP contribution in [-0.2, 0) is 9.53 Å². The number of methoxy groups -OCH3 is 1. The molecule has 2 aliphatic rings. The van der Waals surface area contributed by atoms with Gasteiger partial charge in [0.2, 0.25) is 5.91 Å². The van der Waals surface area contributed by atoms with Crippen LogP contribution < -0.4 is 15.4 Å². The molecule has 1 saturated carbocycles. The highest BCUT2D eigenvalue weighted by Gasteiger charge is 2.41. The Kier molecular flexibility index (Phi) is 5.49. The Hall–Kier alpha value is -1.79. The summed E-state index contributed by atoms with van der Waals surface area (Å²) in [4.78, 5) is 24.5. The molecule has 1 aromatic carbocycles. The number of carbonyl (C=O) groups is 2. The van der Waals surface area contributed by atoms with E-state index in [1.165, 1.54) is 0 Å². The summed E-state index contributed by atoms with van der Waals surface area (Å²) < 4.78 is 11.2. The Morgan fingerprint density at radius 1 is 1.44 bits per heavy atom. The molecule has 6 nitrogen and oxygen atoms in total. The van der Waals surface area contributed by atoms with E-state index in [-0.39, 0.29) is 17.7 Å². The van der Waals surface area contributed by atoms with E-state index in [0.717, 1.165) is 25.7 Å². The maximum Gasteiger partial charge on any atom is 0.255 e. The van der Waals surface area contributed by atoms with Crippen molar-refractivity contribution in [2.24, 2.45) is 5.92 Å². The standard InChI is InChI=1S/C18H23ClN2O4/c1-24-9-8-20-16(22)12-4-6-18(7-5-12)11-21-17(23)14-10-13(19)2-3-15(14)25-18/h2-3,10,12H,4-9,11H2,1H3,(H,20,22)(H,21,23). The molecule has 1 fully saturated rings. The van der Waals surface area contributed by atoms with E-state index in [9.17, 15) is 9.59 Å². The number of rotatable bonds is 4. The van der Waals surface area contributed by atoms with Gasteiger partial charge in [-0.05, 0) is 43.9 Å². The van der Waals surface area contributed by atoms with Gasteiger partial charge in [0, 0.05) is 24.6 Å². The van der Waals surface area contributed by atoms with Gasteiger partial charge >= 0.3 is 0 Å². The molecule has 0 saturated heterocycles. The van der Waals surface area contributed by atoms with Crippen LogP contribution in [0.2, 0.25) is 5.02 Å². The minimum absolute atomic E-state index is 0.0188. The van der Waals surface area contributed by atoms with E-state index in [1.54, 1.807) is 25.3 Å². The lowest BCUT2D eigenvalue weighted by molar-refractivity contribution is -0.127. The summed E-state index contributed by atoms with van der Waals surface area (Å²) >= 11 is 5.99. The summed E-state index contributed by atoms with van der Waals surface area (Å²) in [6, 6.07) is 5.09. The average Bonchev–Trinajstić information content (AvgIpc) is 2.74. The molecule has 0 atom stereocenters.